The molecule has 3 aromatic carbocycles. The van der Waals surface area contributed by atoms with Crippen LogP contribution in [0.15, 0.2) is 65.1 Å². The number of halogens is 1. The van der Waals surface area contributed by atoms with Gasteiger partial charge in [0.2, 0.25) is 0 Å². The Kier molecular flexibility index (Phi) is 4.48. The van der Waals surface area contributed by atoms with E-state index in [9.17, 15) is 9.90 Å². The zero-order valence-electron chi connectivity index (χ0n) is 12.2. The van der Waals surface area contributed by atoms with Gasteiger partial charge < -0.3 is 15.7 Å². The first-order valence-corrected chi connectivity index (χ1v) is 7.93. The molecule has 4 nitrogen and oxygen atoms in total. The summed E-state index contributed by atoms with van der Waals surface area (Å²) in [6.07, 6.45) is 0. The summed E-state index contributed by atoms with van der Waals surface area (Å²) in [6.45, 7) is 0.432. The molecule has 0 heterocycles. The topological polar surface area (TPSA) is 61.4 Å². The van der Waals surface area contributed by atoms with E-state index in [2.05, 4.69) is 26.6 Å². The van der Waals surface area contributed by atoms with Gasteiger partial charge in [0.1, 0.15) is 5.75 Å². The number of benzene rings is 3. The summed E-state index contributed by atoms with van der Waals surface area (Å²) in [7, 11) is 0. The molecule has 0 aromatic heterocycles. The highest BCUT2D eigenvalue weighted by Gasteiger charge is 2.07. The zero-order valence-corrected chi connectivity index (χ0v) is 13.8. The second-order valence-electron chi connectivity index (χ2n) is 5.12. The van der Waals surface area contributed by atoms with Gasteiger partial charge in [0.25, 0.3) is 0 Å². The lowest BCUT2D eigenvalue weighted by Gasteiger charge is -2.11. The van der Waals surface area contributed by atoms with Crippen molar-refractivity contribution < 1.29 is 9.90 Å². The Hall–Kier alpha value is -2.53. The molecule has 0 atom stereocenters. The predicted molar refractivity (Wildman–Crippen MR) is 95.6 cm³/mol. The van der Waals surface area contributed by atoms with E-state index in [4.69, 9.17) is 0 Å². The number of aromatic hydroxyl groups is 1. The van der Waals surface area contributed by atoms with Gasteiger partial charge in [-0.2, -0.15) is 0 Å². The lowest BCUT2D eigenvalue weighted by Crippen LogP contribution is -2.28. The van der Waals surface area contributed by atoms with Crippen molar-refractivity contribution in [3.8, 4) is 5.75 Å². The molecular weight excluding hydrogens is 356 g/mol. The number of hydrogen-bond donors (Lipinski definition) is 3. The van der Waals surface area contributed by atoms with Crippen LogP contribution < -0.4 is 10.6 Å². The second-order valence-corrected chi connectivity index (χ2v) is 6.03. The molecule has 0 aliphatic rings. The van der Waals surface area contributed by atoms with Crippen LogP contribution in [-0.2, 0) is 6.54 Å². The third-order valence-corrected chi connectivity index (χ3v) is 3.98. The van der Waals surface area contributed by atoms with Gasteiger partial charge in [0, 0.05) is 21.8 Å². The number of phenolic OH excluding ortho intramolecular Hbond substituents is 1. The maximum atomic E-state index is 12.1. The van der Waals surface area contributed by atoms with Crippen LogP contribution in [0.25, 0.3) is 10.8 Å². The van der Waals surface area contributed by atoms with Crippen molar-refractivity contribution in [3.05, 3.63) is 70.7 Å². The first-order valence-electron chi connectivity index (χ1n) is 7.13. The molecule has 2 amide bonds. The number of fused-ring (bicyclic) bond motifs is 1. The number of carbonyl (C=O) groups is 1. The summed E-state index contributed by atoms with van der Waals surface area (Å²) in [6, 6.07) is 18.1. The Balaban J connectivity index is 1.72. The molecule has 0 unspecified atom stereocenters. The van der Waals surface area contributed by atoms with Crippen molar-refractivity contribution >= 4 is 38.4 Å². The van der Waals surface area contributed by atoms with Crippen LogP contribution in [0.5, 0.6) is 5.75 Å². The average molecular weight is 371 g/mol. The van der Waals surface area contributed by atoms with Crippen molar-refractivity contribution in [1.29, 1.82) is 0 Å². The van der Waals surface area contributed by atoms with Crippen molar-refractivity contribution in [2.45, 2.75) is 6.54 Å². The van der Waals surface area contributed by atoms with Gasteiger partial charge in [-0.25, -0.2) is 4.79 Å². The van der Waals surface area contributed by atoms with E-state index in [1.54, 1.807) is 24.3 Å². The summed E-state index contributed by atoms with van der Waals surface area (Å²) < 4.78 is 0.974. The van der Waals surface area contributed by atoms with Crippen LogP contribution >= 0.6 is 15.9 Å². The van der Waals surface area contributed by atoms with Gasteiger partial charge in [-0.3, -0.25) is 0 Å². The average Bonchev–Trinajstić information content (AvgIpc) is 2.54. The Bertz CT molecular complexity index is 865. The highest BCUT2D eigenvalue weighted by atomic mass is 79.9. The lowest BCUT2D eigenvalue weighted by atomic mass is 10.1. The third kappa shape index (κ3) is 3.63. The van der Waals surface area contributed by atoms with Gasteiger partial charge in [0.05, 0.1) is 5.69 Å². The normalized spacial score (nSPS) is 10.5. The van der Waals surface area contributed by atoms with Gasteiger partial charge in [-0.15, -0.1) is 0 Å². The van der Waals surface area contributed by atoms with Crippen LogP contribution in [0.4, 0.5) is 10.5 Å². The highest BCUT2D eigenvalue weighted by Crippen LogP contribution is 2.29. The second kappa shape index (κ2) is 6.71. The molecule has 116 valence electrons. The summed E-state index contributed by atoms with van der Waals surface area (Å²) in [4.78, 5) is 12.1. The number of rotatable bonds is 3. The van der Waals surface area contributed by atoms with Crippen molar-refractivity contribution in [3.63, 3.8) is 0 Å². The summed E-state index contributed by atoms with van der Waals surface area (Å²) >= 11 is 3.40. The number of amides is 2. The maximum absolute atomic E-state index is 12.1. The number of carbonyl (C=O) groups excluding carboxylic acids is 1. The predicted octanol–water partition coefficient (Wildman–Crippen LogP) is 4.63. The van der Waals surface area contributed by atoms with Crippen molar-refractivity contribution in [2.75, 3.05) is 5.32 Å². The quantitative estimate of drug-likeness (QED) is 0.629. The summed E-state index contributed by atoms with van der Waals surface area (Å²) in [5.41, 5.74) is 1.66. The number of nitrogens with one attached hydrogen (secondary N) is 2. The van der Waals surface area contributed by atoms with E-state index in [0.29, 0.717) is 17.6 Å². The number of phenols is 1. The van der Waals surface area contributed by atoms with E-state index in [0.717, 1.165) is 15.4 Å². The minimum Gasteiger partial charge on any atom is -0.507 e. The van der Waals surface area contributed by atoms with E-state index in [1.165, 1.54) is 0 Å². The van der Waals surface area contributed by atoms with Gasteiger partial charge in [0.15, 0.2) is 0 Å². The smallest absolute Gasteiger partial charge is 0.319 e. The van der Waals surface area contributed by atoms with Crippen LogP contribution in [0.3, 0.4) is 0 Å². The van der Waals surface area contributed by atoms with Crippen LogP contribution in [0.1, 0.15) is 5.56 Å². The fraction of sp³-hybridized carbons (Fsp3) is 0.0556. The molecule has 0 aliphatic carbocycles. The molecule has 3 N–H and O–H groups in total. The number of hydrogen-bond acceptors (Lipinski definition) is 2. The standard InChI is InChI=1S/C18H15BrN2O2/c19-13-5-1-4-12(10-13)11-20-18(23)21-16-8-2-7-15-14(16)6-3-9-17(15)22/h1-10,22H,11H2,(H2,20,21,23). The highest BCUT2D eigenvalue weighted by molar-refractivity contribution is 9.10. The molecule has 0 aliphatic heterocycles. The molecular formula is C18H15BrN2O2. The largest absolute Gasteiger partial charge is 0.507 e. The van der Waals surface area contributed by atoms with E-state index in [-0.39, 0.29) is 11.8 Å². The molecule has 0 radical (unpaired) electrons. The molecule has 5 heteroatoms. The summed E-state index contributed by atoms with van der Waals surface area (Å²) in [5, 5.41) is 17.0. The summed E-state index contributed by atoms with van der Waals surface area (Å²) in [5.74, 6) is 0.195. The molecule has 0 saturated carbocycles. The Morgan fingerprint density at radius 1 is 1.00 bits per heavy atom. The molecule has 0 fully saturated rings. The molecule has 3 rings (SSSR count). The monoisotopic (exact) mass is 370 g/mol. The molecule has 3 aromatic rings. The van der Waals surface area contributed by atoms with E-state index >= 15 is 0 Å². The Morgan fingerprint density at radius 2 is 1.74 bits per heavy atom. The SMILES string of the molecule is O=C(NCc1cccc(Br)c1)Nc1cccc2c(O)cccc12. The molecule has 0 saturated heterocycles. The van der Waals surface area contributed by atoms with Crippen molar-refractivity contribution in [2.24, 2.45) is 0 Å². The van der Waals surface area contributed by atoms with Gasteiger partial charge in [-0.05, 0) is 29.8 Å². The Morgan fingerprint density at radius 3 is 2.57 bits per heavy atom. The Labute approximate surface area is 142 Å². The van der Waals surface area contributed by atoms with Gasteiger partial charge >= 0.3 is 6.03 Å². The van der Waals surface area contributed by atoms with Gasteiger partial charge in [-0.1, -0.05) is 52.3 Å². The fourth-order valence-corrected chi connectivity index (χ4v) is 2.84. The fourth-order valence-electron chi connectivity index (χ4n) is 2.40. The maximum Gasteiger partial charge on any atom is 0.319 e. The third-order valence-electron chi connectivity index (χ3n) is 3.49. The zero-order chi connectivity index (χ0) is 16.2. The van der Waals surface area contributed by atoms with E-state index in [1.807, 2.05) is 36.4 Å². The lowest BCUT2D eigenvalue weighted by molar-refractivity contribution is 0.252. The van der Waals surface area contributed by atoms with Crippen LogP contribution in [0, 0.1) is 0 Å². The minimum atomic E-state index is -0.291. The minimum absolute atomic E-state index is 0.195. The first kappa shape index (κ1) is 15.4. The van der Waals surface area contributed by atoms with E-state index < -0.39 is 0 Å². The van der Waals surface area contributed by atoms with Crippen LogP contribution in [-0.4, -0.2) is 11.1 Å². The number of anilines is 1. The van der Waals surface area contributed by atoms with Crippen LogP contribution in [0.2, 0.25) is 0 Å². The first-order chi connectivity index (χ1) is 11.1. The molecule has 23 heavy (non-hydrogen) atoms. The van der Waals surface area contributed by atoms with Crippen molar-refractivity contribution in [1.82, 2.24) is 5.32 Å². The molecule has 0 spiro atoms. The number of urea groups is 1. The molecule has 0 bridgehead atoms.